The lowest BCUT2D eigenvalue weighted by Gasteiger charge is -2.05. The van der Waals surface area contributed by atoms with Crippen LogP contribution in [0.25, 0.3) is 5.69 Å². The summed E-state index contributed by atoms with van der Waals surface area (Å²) in [5.41, 5.74) is 3.58. The molecule has 2 aromatic heterocycles. The van der Waals surface area contributed by atoms with Gasteiger partial charge >= 0.3 is 0 Å². The average molecular weight is 362 g/mol. The molecule has 4 rings (SSSR count). The standard InChI is InChI=1S/C19H14N4O2S/c20-11-17-16-4-1-5-18(16)26-19(17)21-12-15-3-2-10-22(15)13-6-8-14(9-7-13)23(24)25/h2-3,6-10,12H,1,4-5H2. The van der Waals surface area contributed by atoms with Crippen LogP contribution in [0.5, 0.6) is 0 Å². The quantitative estimate of drug-likeness (QED) is 0.387. The lowest BCUT2D eigenvalue weighted by molar-refractivity contribution is -0.384. The fraction of sp³-hybridized carbons (Fsp3) is 0.158. The van der Waals surface area contributed by atoms with Gasteiger partial charge in [0.25, 0.3) is 5.69 Å². The molecule has 128 valence electrons. The SMILES string of the molecule is N#Cc1c(N=Cc2cccn2-c2ccc([N+](=O)[O-])cc2)sc2c1CCC2. The van der Waals surface area contributed by atoms with Crippen molar-refractivity contribution < 1.29 is 4.92 Å². The second-order valence-corrected chi connectivity index (χ2v) is 7.07. The van der Waals surface area contributed by atoms with Crippen molar-refractivity contribution >= 4 is 28.2 Å². The molecule has 0 atom stereocenters. The lowest BCUT2D eigenvalue weighted by Crippen LogP contribution is -1.98. The molecule has 0 bridgehead atoms. The van der Waals surface area contributed by atoms with Crippen LogP contribution >= 0.6 is 11.3 Å². The van der Waals surface area contributed by atoms with E-state index in [0.29, 0.717) is 5.56 Å². The van der Waals surface area contributed by atoms with Gasteiger partial charge in [-0.1, -0.05) is 0 Å². The van der Waals surface area contributed by atoms with Crippen molar-refractivity contribution in [3.8, 4) is 11.8 Å². The molecule has 7 heteroatoms. The smallest absolute Gasteiger partial charge is 0.269 e. The summed E-state index contributed by atoms with van der Waals surface area (Å²) < 4.78 is 1.90. The third-order valence-corrected chi connectivity index (χ3v) is 5.65. The predicted molar refractivity (Wildman–Crippen MR) is 101 cm³/mol. The molecule has 0 saturated heterocycles. The van der Waals surface area contributed by atoms with E-state index in [2.05, 4.69) is 11.1 Å². The number of hydrogen-bond acceptors (Lipinski definition) is 5. The second kappa shape index (κ2) is 6.58. The largest absolute Gasteiger partial charge is 0.316 e. The fourth-order valence-corrected chi connectivity index (χ4v) is 4.37. The number of benzene rings is 1. The molecule has 0 spiro atoms. The van der Waals surface area contributed by atoms with Gasteiger partial charge in [-0.15, -0.1) is 11.3 Å². The molecule has 0 fully saturated rings. The Hall–Kier alpha value is -3.24. The normalized spacial score (nSPS) is 13.0. The van der Waals surface area contributed by atoms with Crippen LogP contribution in [0, 0.1) is 21.4 Å². The van der Waals surface area contributed by atoms with E-state index >= 15 is 0 Å². The van der Waals surface area contributed by atoms with E-state index in [1.807, 2.05) is 22.9 Å². The zero-order valence-corrected chi connectivity index (χ0v) is 14.6. The number of aryl methyl sites for hydroxylation is 1. The molecule has 1 aliphatic carbocycles. The zero-order chi connectivity index (χ0) is 18.1. The predicted octanol–water partition coefficient (Wildman–Crippen LogP) is 4.56. The third-order valence-electron chi connectivity index (χ3n) is 4.45. The van der Waals surface area contributed by atoms with Gasteiger partial charge in [0, 0.05) is 28.9 Å². The maximum Gasteiger partial charge on any atom is 0.269 e. The maximum atomic E-state index is 10.8. The summed E-state index contributed by atoms with van der Waals surface area (Å²) in [6.45, 7) is 0. The molecule has 0 unspecified atom stereocenters. The number of nitro groups is 1. The summed E-state index contributed by atoms with van der Waals surface area (Å²) in [7, 11) is 0. The van der Waals surface area contributed by atoms with Crippen molar-refractivity contribution in [3.63, 3.8) is 0 Å². The molecule has 0 saturated carbocycles. The molecule has 1 aromatic carbocycles. The molecular formula is C19H14N4O2S. The molecule has 1 aliphatic rings. The first-order valence-corrected chi connectivity index (χ1v) is 9.00. The van der Waals surface area contributed by atoms with Crippen LogP contribution in [-0.4, -0.2) is 15.7 Å². The molecule has 6 nitrogen and oxygen atoms in total. The highest BCUT2D eigenvalue weighted by atomic mass is 32.1. The Morgan fingerprint density at radius 3 is 2.81 bits per heavy atom. The van der Waals surface area contributed by atoms with Gasteiger partial charge < -0.3 is 4.57 Å². The zero-order valence-electron chi connectivity index (χ0n) is 13.8. The topological polar surface area (TPSA) is 84.2 Å². The van der Waals surface area contributed by atoms with Gasteiger partial charge in [0.1, 0.15) is 11.1 Å². The number of aliphatic imine (C=N–C) groups is 1. The van der Waals surface area contributed by atoms with Crippen molar-refractivity contribution in [3.05, 3.63) is 74.4 Å². The minimum absolute atomic E-state index is 0.0582. The van der Waals surface area contributed by atoms with Gasteiger partial charge in [-0.05, 0) is 49.1 Å². The molecule has 0 radical (unpaired) electrons. The Kier molecular flexibility index (Phi) is 4.11. The minimum atomic E-state index is -0.415. The molecule has 0 aliphatic heterocycles. The van der Waals surface area contributed by atoms with E-state index in [-0.39, 0.29) is 5.69 Å². The van der Waals surface area contributed by atoms with E-state index in [0.717, 1.165) is 41.2 Å². The Balaban J connectivity index is 1.65. The summed E-state index contributed by atoms with van der Waals surface area (Å²) in [6.07, 6.45) is 6.72. The van der Waals surface area contributed by atoms with Crippen LogP contribution in [0.15, 0.2) is 47.6 Å². The fourth-order valence-electron chi connectivity index (χ4n) is 3.19. The van der Waals surface area contributed by atoms with E-state index in [4.69, 9.17) is 0 Å². The van der Waals surface area contributed by atoms with Crippen LogP contribution in [0.1, 0.15) is 28.1 Å². The van der Waals surface area contributed by atoms with Crippen LogP contribution < -0.4 is 0 Å². The van der Waals surface area contributed by atoms with Crippen LogP contribution in [-0.2, 0) is 12.8 Å². The van der Waals surface area contributed by atoms with Gasteiger partial charge in [0.2, 0.25) is 0 Å². The monoisotopic (exact) mass is 362 g/mol. The number of thiophene rings is 1. The summed E-state index contributed by atoms with van der Waals surface area (Å²) in [4.78, 5) is 16.2. The third kappa shape index (κ3) is 2.80. The Labute approximate surface area is 153 Å². The number of rotatable bonds is 4. The van der Waals surface area contributed by atoms with Crippen molar-refractivity contribution in [1.29, 1.82) is 5.26 Å². The van der Waals surface area contributed by atoms with Crippen molar-refractivity contribution in [2.45, 2.75) is 19.3 Å². The van der Waals surface area contributed by atoms with Gasteiger partial charge in [-0.3, -0.25) is 10.1 Å². The van der Waals surface area contributed by atoms with E-state index in [1.165, 1.54) is 17.0 Å². The number of nitrogens with zero attached hydrogens (tertiary/aromatic N) is 4. The van der Waals surface area contributed by atoms with Crippen LogP contribution in [0.3, 0.4) is 0 Å². The van der Waals surface area contributed by atoms with E-state index < -0.39 is 4.92 Å². The van der Waals surface area contributed by atoms with Gasteiger partial charge in [0.05, 0.1) is 22.4 Å². The van der Waals surface area contributed by atoms with Gasteiger partial charge in [0.15, 0.2) is 0 Å². The lowest BCUT2D eigenvalue weighted by atomic mass is 10.1. The maximum absolute atomic E-state index is 10.8. The first-order valence-electron chi connectivity index (χ1n) is 8.18. The minimum Gasteiger partial charge on any atom is -0.316 e. The number of nitro benzene ring substituents is 1. The first-order chi connectivity index (χ1) is 12.7. The molecule has 2 heterocycles. The van der Waals surface area contributed by atoms with Gasteiger partial charge in [-0.2, -0.15) is 5.26 Å². The number of aromatic nitrogens is 1. The molecule has 0 N–H and O–H groups in total. The second-order valence-electron chi connectivity index (χ2n) is 5.98. The number of hydrogen-bond donors (Lipinski definition) is 0. The molecule has 0 amide bonds. The van der Waals surface area contributed by atoms with E-state index in [1.54, 1.807) is 29.7 Å². The van der Waals surface area contributed by atoms with Crippen molar-refractivity contribution in [2.24, 2.45) is 4.99 Å². The molecule has 26 heavy (non-hydrogen) atoms. The summed E-state index contributed by atoms with van der Waals surface area (Å²) in [5, 5.41) is 21.0. The summed E-state index contributed by atoms with van der Waals surface area (Å²) in [5.74, 6) is 0. The number of non-ortho nitro benzene ring substituents is 1. The summed E-state index contributed by atoms with van der Waals surface area (Å²) in [6, 6.07) is 12.5. The molecule has 3 aromatic rings. The Morgan fingerprint density at radius 1 is 1.27 bits per heavy atom. The highest BCUT2D eigenvalue weighted by molar-refractivity contribution is 7.16. The number of fused-ring (bicyclic) bond motifs is 1. The average Bonchev–Trinajstić information content (AvgIpc) is 3.35. The van der Waals surface area contributed by atoms with Crippen molar-refractivity contribution in [2.75, 3.05) is 0 Å². The Morgan fingerprint density at radius 2 is 2.08 bits per heavy atom. The number of nitriles is 1. The molecular weight excluding hydrogens is 348 g/mol. The summed E-state index contributed by atoms with van der Waals surface area (Å²) >= 11 is 1.60. The van der Waals surface area contributed by atoms with Crippen LogP contribution in [0.2, 0.25) is 0 Å². The van der Waals surface area contributed by atoms with Crippen molar-refractivity contribution in [1.82, 2.24) is 4.57 Å². The first kappa shape index (κ1) is 16.2. The van der Waals surface area contributed by atoms with E-state index in [9.17, 15) is 15.4 Å². The highest BCUT2D eigenvalue weighted by Crippen LogP contribution is 2.40. The highest BCUT2D eigenvalue weighted by Gasteiger charge is 2.21. The van der Waals surface area contributed by atoms with Gasteiger partial charge in [-0.25, -0.2) is 4.99 Å². The Bertz CT molecular complexity index is 1050. The van der Waals surface area contributed by atoms with Crippen LogP contribution in [0.4, 0.5) is 10.7 Å².